The van der Waals surface area contributed by atoms with Crippen LogP contribution in [-0.4, -0.2) is 55.8 Å². The van der Waals surface area contributed by atoms with E-state index in [0.717, 1.165) is 12.2 Å². The summed E-state index contributed by atoms with van der Waals surface area (Å²) in [6.07, 6.45) is -0.918. The molecule has 5 N–H and O–H groups in total. The first-order valence-electron chi connectivity index (χ1n) is 6.98. The van der Waals surface area contributed by atoms with E-state index in [9.17, 15) is 30.0 Å². The molecule has 1 aliphatic carbocycles. The predicted octanol–water partition coefficient (Wildman–Crippen LogP) is 0.159. The zero-order valence-electron chi connectivity index (χ0n) is 12.4. The Balaban J connectivity index is 2.07. The van der Waals surface area contributed by atoms with Gasteiger partial charge in [-0.3, -0.25) is 0 Å². The molecule has 8 heteroatoms. The van der Waals surface area contributed by atoms with Crippen molar-refractivity contribution in [1.82, 2.24) is 0 Å². The van der Waals surface area contributed by atoms with Crippen LogP contribution in [0, 0.1) is 0 Å². The molecule has 0 saturated heterocycles. The Hall–Kier alpha value is -2.84. The van der Waals surface area contributed by atoms with Crippen LogP contribution < -0.4 is 0 Å². The molecule has 2 rings (SSSR count). The molecular weight excluding hydrogens is 320 g/mol. The summed E-state index contributed by atoms with van der Waals surface area (Å²) < 4.78 is 4.94. The lowest BCUT2D eigenvalue weighted by atomic mass is 9.92. The third kappa shape index (κ3) is 4.12. The normalized spacial score (nSPS) is 23.8. The monoisotopic (exact) mass is 336 g/mol. The molecule has 1 aliphatic rings. The summed E-state index contributed by atoms with van der Waals surface area (Å²) in [6, 6.07) is 3.91. The van der Waals surface area contributed by atoms with Crippen molar-refractivity contribution >= 4 is 18.0 Å². The lowest BCUT2D eigenvalue weighted by molar-refractivity contribution is -0.151. The van der Waals surface area contributed by atoms with E-state index in [-0.39, 0.29) is 23.5 Å². The van der Waals surface area contributed by atoms with Crippen LogP contribution in [0.5, 0.6) is 11.5 Å². The first-order valence-corrected chi connectivity index (χ1v) is 6.98. The Morgan fingerprint density at radius 3 is 2.50 bits per heavy atom. The summed E-state index contributed by atoms with van der Waals surface area (Å²) in [5.74, 6) is -2.80. The van der Waals surface area contributed by atoms with Gasteiger partial charge in [0.25, 0.3) is 0 Å². The minimum atomic E-state index is -1.43. The van der Waals surface area contributed by atoms with E-state index in [2.05, 4.69) is 0 Å². The highest BCUT2D eigenvalue weighted by Crippen LogP contribution is 2.25. The number of hydrogen-bond acceptors (Lipinski definition) is 7. The molecule has 0 bridgehead atoms. The average molecular weight is 336 g/mol. The summed E-state index contributed by atoms with van der Waals surface area (Å²) in [7, 11) is 0. The van der Waals surface area contributed by atoms with Gasteiger partial charge in [-0.25, -0.2) is 9.59 Å². The summed E-state index contributed by atoms with van der Waals surface area (Å²) in [6.45, 7) is 0. The number of aromatic hydroxyl groups is 2. The third-order valence-electron chi connectivity index (χ3n) is 3.46. The quantitative estimate of drug-likeness (QED) is 0.297. The van der Waals surface area contributed by atoms with Gasteiger partial charge in [-0.05, 0) is 29.8 Å². The number of carbonyl (C=O) groups is 2. The van der Waals surface area contributed by atoms with Gasteiger partial charge in [-0.1, -0.05) is 6.07 Å². The van der Waals surface area contributed by atoms with Gasteiger partial charge in [0.1, 0.15) is 12.2 Å². The predicted molar refractivity (Wildman–Crippen MR) is 81.0 cm³/mol. The van der Waals surface area contributed by atoms with Crippen molar-refractivity contribution in [2.24, 2.45) is 0 Å². The maximum atomic E-state index is 11.8. The topological polar surface area (TPSA) is 145 Å². The fourth-order valence-electron chi connectivity index (χ4n) is 2.17. The van der Waals surface area contributed by atoms with Crippen molar-refractivity contribution in [3.63, 3.8) is 0 Å². The average Bonchev–Trinajstić information content (AvgIpc) is 2.52. The SMILES string of the molecule is O=C(C=Cc1ccc(O)c(O)c1)O[C@@H]1C=C(C(=O)O)C[C@H](O)[C@H]1O. The Morgan fingerprint density at radius 2 is 1.88 bits per heavy atom. The van der Waals surface area contributed by atoms with E-state index < -0.39 is 30.3 Å². The smallest absolute Gasteiger partial charge is 0.331 e. The fourth-order valence-corrected chi connectivity index (χ4v) is 2.17. The van der Waals surface area contributed by atoms with Crippen molar-refractivity contribution in [2.45, 2.75) is 24.7 Å². The molecule has 128 valence electrons. The van der Waals surface area contributed by atoms with Crippen LogP contribution in [0.2, 0.25) is 0 Å². The Kier molecular flexibility index (Phi) is 5.22. The number of phenols is 2. The van der Waals surface area contributed by atoms with Gasteiger partial charge in [0.05, 0.1) is 6.10 Å². The molecule has 0 aliphatic heterocycles. The minimum Gasteiger partial charge on any atom is -0.504 e. The van der Waals surface area contributed by atoms with E-state index in [0.29, 0.717) is 5.56 Å². The molecule has 1 aromatic rings. The van der Waals surface area contributed by atoms with Crippen LogP contribution in [0.25, 0.3) is 6.08 Å². The molecule has 0 unspecified atom stereocenters. The highest BCUT2D eigenvalue weighted by Gasteiger charge is 2.34. The maximum Gasteiger partial charge on any atom is 0.331 e. The van der Waals surface area contributed by atoms with E-state index in [1.165, 1.54) is 24.3 Å². The van der Waals surface area contributed by atoms with Gasteiger partial charge in [-0.2, -0.15) is 0 Å². The molecule has 0 radical (unpaired) electrons. The second-order valence-corrected chi connectivity index (χ2v) is 5.24. The highest BCUT2D eigenvalue weighted by molar-refractivity contribution is 5.89. The summed E-state index contributed by atoms with van der Waals surface area (Å²) >= 11 is 0. The van der Waals surface area contributed by atoms with E-state index >= 15 is 0 Å². The van der Waals surface area contributed by atoms with Crippen molar-refractivity contribution in [3.8, 4) is 11.5 Å². The number of carboxylic acid groups (broad SMARTS) is 1. The molecule has 1 aromatic carbocycles. The summed E-state index contributed by atoms with van der Waals surface area (Å²) in [5, 5.41) is 46.9. The minimum absolute atomic E-state index is 0.155. The van der Waals surface area contributed by atoms with Gasteiger partial charge >= 0.3 is 11.9 Å². The number of rotatable bonds is 4. The van der Waals surface area contributed by atoms with Crippen LogP contribution in [0.15, 0.2) is 35.9 Å². The van der Waals surface area contributed by atoms with E-state index in [1.54, 1.807) is 0 Å². The second-order valence-electron chi connectivity index (χ2n) is 5.24. The molecule has 3 atom stereocenters. The molecular formula is C16H16O8. The zero-order valence-corrected chi connectivity index (χ0v) is 12.4. The van der Waals surface area contributed by atoms with Gasteiger partial charge in [0, 0.05) is 18.1 Å². The number of aliphatic hydroxyl groups is 2. The molecule has 0 spiro atoms. The Morgan fingerprint density at radius 1 is 1.17 bits per heavy atom. The zero-order chi connectivity index (χ0) is 17.9. The van der Waals surface area contributed by atoms with E-state index in [4.69, 9.17) is 9.84 Å². The maximum absolute atomic E-state index is 11.8. The molecule has 0 fully saturated rings. The first kappa shape index (κ1) is 17.5. The van der Waals surface area contributed by atoms with Gasteiger partial charge < -0.3 is 30.3 Å². The van der Waals surface area contributed by atoms with Gasteiger partial charge in [0.2, 0.25) is 0 Å². The van der Waals surface area contributed by atoms with Crippen LogP contribution in [-0.2, 0) is 14.3 Å². The number of esters is 1. The van der Waals surface area contributed by atoms with E-state index in [1.807, 2.05) is 0 Å². The van der Waals surface area contributed by atoms with Crippen LogP contribution >= 0.6 is 0 Å². The number of carbonyl (C=O) groups excluding carboxylic acids is 1. The Bertz CT molecular complexity index is 706. The standard InChI is InChI=1S/C16H16O8/c17-10-3-1-8(5-11(10)18)2-4-14(20)24-13-7-9(16(22)23)6-12(19)15(13)21/h1-5,7,12-13,15,17-19,21H,6H2,(H,22,23)/t12-,13+,15+/m0/s1. The van der Waals surface area contributed by atoms with Crippen molar-refractivity contribution in [3.05, 3.63) is 41.5 Å². The highest BCUT2D eigenvalue weighted by atomic mass is 16.6. The summed E-state index contributed by atoms with van der Waals surface area (Å²) in [5.41, 5.74) is 0.256. The molecule has 0 saturated carbocycles. The van der Waals surface area contributed by atoms with Crippen molar-refractivity contribution in [2.75, 3.05) is 0 Å². The number of aliphatic carboxylic acids is 1. The second kappa shape index (κ2) is 7.16. The van der Waals surface area contributed by atoms with Gasteiger partial charge in [-0.15, -0.1) is 0 Å². The molecule has 0 heterocycles. The Labute approximate surface area is 136 Å². The number of aliphatic hydroxyl groups excluding tert-OH is 2. The number of phenolic OH excluding ortho intramolecular Hbond substituents is 2. The van der Waals surface area contributed by atoms with Crippen molar-refractivity contribution in [1.29, 1.82) is 0 Å². The van der Waals surface area contributed by atoms with Gasteiger partial charge in [0.15, 0.2) is 11.5 Å². The van der Waals surface area contributed by atoms with Crippen LogP contribution in [0.1, 0.15) is 12.0 Å². The number of carboxylic acids is 1. The third-order valence-corrected chi connectivity index (χ3v) is 3.46. The molecule has 0 aromatic heterocycles. The summed E-state index contributed by atoms with van der Waals surface area (Å²) in [4.78, 5) is 22.7. The molecule has 24 heavy (non-hydrogen) atoms. The fraction of sp³-hybridized carbons (Fsp3) is 0.250. The molecule has 8 nitrogen and oxygen atoms in total. The molecule has 0 amide bonds. The first-order chi connectivity index (χ1) is 11.3. The number of benzene rings is 1. The lowest BCUT2D eigenvalue weighted by Crippen LogP contribution is -2.43. The number of hydrogen-bond donors (Lipinski definition) is 5. The van der Waals surface area contributed by atoms with Crippen LogP contribution in [0.4, 0.5) is 0 Å². The lowest BCUT2D eigenvalue weighted by Gasteiger charge is -2.28. The van der Waals surface area contributed by atoms with Crippen molar-refractivity contribution < 1.29 is 39.9 Å². The van der Waals surface area contributed by atoms with Crippen LogP contribution in [0.3, 0.4) is 0 Å². The largest absolute Gasteiger partial charge is 0.504 e. The number of ether oxygens (including phenoxy) is 1.